The molecule has 4 rings (SSSR count). The van der Waals surface area contributed by atoms with E-state index in [1.165, 1.54) is 23.0 Å². The van der Waals surface area contributed by atoms with Crippen LogP contribution in [0.25, 0.3) is 27.8 Å². The molecular formula is C22H18N6O2. The van der Waals surface area contributed by atoms with Gasteiger partial charge in [-0.05, 0) is 35.7 Å². The van der Waals surface area contributed by atoms with Gasteiger partial charge in [0.1, 0.15) is 23.7 Å². The Kier molecular flexibility index (Phi) is 4.56. The Morgan fingerprint density at radius 3 is 2.57 bits per heavy atom. The summed E-state index contributed by atoms with van der Waals surface area (Å²) in [5.41, 5.74) is 1.75. The highest BCUT2D eigenvalue weighted by molar-refractivity contribution is 5.95. The fourth-order valence-electron chi connectivity index (χ4n) is 3.59. The van der Waals surface area contributed by atoms with Crippen molar-refractivity contribution < 1.29 is 5.11 Å². The molecule has 2 aromatic heterocycles. The lowest BCUT2D eigenvalue weighted by Gasteiger charge is -2.17. The molecule has 0 aliphatic heterocycles. The minimum Gasteiger partial charge on any atom is -0.508 e. The number of rotatable bonds is 3. The second-order valence-corrected chi connectivity index (χ2v) is 6.73. The summed E-state index contributed by atoms with van der Waals surface area (Å²) in [6.45, 7) is 1.97. The van der Waals surface area contributed by atoms with Gasteiger partial charge >= 0.3 is 0 Å². The summed E-state index contributed by atoms with van der Waals surface area (Å²) in [6.07, 6.45) is 1.94. The first-order valence-corrected chi connectivity index (χ1v) is 9.25. The molecule has 0 amide bonds. The largest absolute Gasteiger partial charge is 0.508 e. The molecule has 8 heteroatoms. The van der Waals surface area contributed by atoms with Gasteiger partial charge in [-0.25, -0.2) is 9.66 Å². The average molecular weight is 398 g/mol. The number of nitrogens with zero attached hydrogens (tertiary/aromatic N) is 4. The summed E-state index contributed by atoms with van der Waals surface area (Å²) in [6, 6.07) is 15.5. The molecule has 30 heavy (non-hydrogen) atoms. The topological polar surface area (TPSA) is 134 Å². The fraction of sp³-hybridized carbons (Fsp3) is 0.0909. The summed E-state index contributed by atoms with van der Waals surface area (Å²) in [7, 11) is 0. The molecule has 0 spiro atoms. The number of fused-ring (bicyclic) bond motifs is 1. The fourth-order valence-corrected chi connectivity index (χ4v) is 3.59. The van der Waals surface area contributed by atoms with Crippen molar-refractivity contribution in [2.45, 2.75) is 13.3 Å². The van der Waals surface area contributed by atoms with E-state index >= 15 is 0 Å². The van der Waals surface area contributed by atoms with E-state index in [0.717, 1.165) is 10.2 Å². The Balaban J connectivity index is 2.28. The molecule has 0 saturated carbocycles. The van der Waals surface area contributed by atoms with Crippen LogP contribution in [-0.4, -0.2) is 19.3 Å². The lowest BCUT2D eigenvalue weighted by atomic mass is 9.97. The Morgan fingerprint density at radius 2 is 1.90 bits per heavy atom. The number of nitrogen functional groups attached to an aromatic ring is 1. The van der Waals surface area contributed by atoms with Crippen molar-refractivity contribution in [3.05, 3.63) is 81.8 Å². The van der Waals surface area contributed by atoms with Crippen LogP contribution in [0, 0.1) is 16.7 Å². The number of aryl methyl sites for hydroxylation is 1. The van der Waals surface area contributed by atoms with Crippen molar-refractivity contribution in [2.75, 3.05) is 5.84 Å². The molecule has 0 radical (unpaired) electrons. The zero-order valence-electron chi connectivity index (χ0n) is 16.1. The monoisotopic (exact) mass is 398 g/mol. The van der Waals surface area contributed by atoms with Crippen molar-refractivity contribution in [3.63, 3.8) is 0 Å². The van der Waals surface area contributed by atoms with Gasteiger partial charge in [0.15, 0.2) is 11.1 Å². The smallest absolute Gasteiger partial charge is 0.275 e. The Morgan fingerprint density at radius 1 is 1.20 bits per heavy atom. The molecule has 0 saturated heterocycles. The van der Waals surface area contributed by atoms with Crippen LogP contribution in [0.3, 0.4) is 0 Å². The normalized spacial score (nSPS) is 10.8. The van der Waals surface area contributed by atoms with E-state index < -0.39 is 5.56 Å². The van der Waals surface area contributed by atoms with Gasteiger partial charge in [0.25, 0.3) is 5.56 Å². The van der Waals surface area contributed by atoms with E-state index in [1.54, 1.807) is 24.3 Å². The molecule has 0 bridgehead atoms. The van der Waals surface area contributed by atoms with E-state index in [-0.39, 0.29) is 33.4 Å². The van der Waals surface area contributed by atoms with Gasteiger partial charge in [-0.3, -0.25) is 14.8 Å². The van der Waals surface area contributed by atoms with E-state index in [0.29, 0.717) is 17.7 Å². The first-order valence-electron chi connectivity index (χ1n) is 9.25. The van der Waals surface area contributed by atoms with Crippen molar-refractivity contribution in [1.29, 1.82) is 10.7 Å². The van der Waals surface area contributed by atoms with Crippen LogP contribution >= 0.6 is 0 Å². The molecule has 2 aromatic carbocycles. The molecule has 8 nitrogen and oxygen atoms in total. The molecule has 0 unspecified atom stereocenters. The van der Waals surface area contributed by atoms with Crippen LogP contribution in [0.5, 0.6) is 5.75 Å². The van der Waals surface area contributed by atoms with Gasteiger partial charge in [0, 0.05) is 5.56 Å². The number of aromatic hydroxyl groups is 1. The molecule has 0 aliphatic rings. The number of para-hydroxylation sites is 1. The van der Waals surface area contributed by atoms with E-state index in [4.69, 9.17) is 11.3 Å². The lowest BCUT2D eigenvalue weighted by Crippen LogP contribution is -2.32. The third-order valence-corrected chi connectivity index (χ3v) is 5.03. The summed E-state index contributed by atoms with van der Waals surface area (Å²) in [5, 5.41) is 28.4. The van der Waals surface area contributed by atoms with Crippen molar-refractivity contribution in [2.24, 2.45) is 0 Å². The highest BCUT2D eigenvalue weighted by Gasteiger charge is 2.22. The number of nitrogens with one attached hydrogen (secondary N) is 1. The first-order chi connectivity index (χ1) is 14.5. The van der Waals surface area contributed by atoms with Crippen LogP contribution in [0.1, 0.15) is 18.1 Å². The predicted molar refractivity (Wildman–Crippen MR) is 113 cm³/mol. The molecule has 148 valence electrons. The van der Waals surface area contributed by atoms with Crippen LogP contribution in [0.15, 0.2) is 59.7 Å². The average Bonchev–Trinajstić information content (AvgIpc) is 2.76. The quantitative estimate of drug-likeness (QED) is 0.455. The SMILES string of the molecule is CCc1ccccc1-n1c(=O)c(C#N)c(-c2ccc(O)cc2)c2c(=N)n(N)cnc21. The van der Waals surface area contributed by atoms with E-state index in [1.807, 2.05) is 25.1 Å². The maximum Gasteiger partial charge on any atom is 0.275 e. The zero-order valence-corrected chi connectivity index (χ0v) is 16.1. The van der Waals surface area contributed by atoms with Crippen LogP contribution in [0.4, 0.5) is 0 Å². The summed E-state index contributed by atoms with van der Waals surface area (Å²) in [5.74, 6) is 5.93. The number of phenolic OH excluding ortho intramolecular Hbond substituents is 1. The number of hydrogen-bond donors (Lipinski definition) is 3. The van der Waals surface area contributed by atoms with Gasteiger partial charge in [-0.15, -0.1) is 0 Å². The Hall–Kier alpha value is -4.38. The maximum atomic E-state index is 13.5. The summed E-state index contributed by atoms with van der Waals surface area (Å²) < 4.78 is 2.41. The standard InChI is InChI=1S/C22H18N6O2/c1-2-13-5-3-4-6-17(13)28-21-19(20(24)27(25)12-26-21)18(16(11-23)22(28)30)14-7-9-15(29)10-8-14/h3-10,12,24,29H,2,25H2,1H3. The summed E-state index contributed by atoms with van der Waals surface area (Å²) in [4.78, 5) is 17.8. The highest BCUT2D eigenvalue weighted by Crippen LogP contribution is 2.30. The second kappa shape index (κ2) is 7.22. The van der Waals surface area contributed by atoms with E-state index in [9.17, 15) is 15.2 Å². The van der Waals surface area contributed by atoms with Gasteiger partial charge in [-0.2, -0.15) is 5.26 Å². The molecule has 4 aromatic rings. The third-order valence-electron chi connectivity index (χ3n) is 5.03. The first kappa shape index (κ1) is 19.0. The number of nitriles is 1. The van der Waals surface area contributed by atoms with Crippen molar-refractivity contribution in [1.82, 2.24) is 14.2 Å². The predicted octanol–water partition coefficient (Wildman–Crippen LogP) is 2.19. The number of nitrogens with two attached hydrogens (primary N) is 1. The molecule has 2 heterocycles. The molecule has 4 N–H and O–H groups in total. The number of pyridine rings is 1. The van der Waals surface area contributed by atoms with Crippen LogP contribution in [0.2, 0.25) is 0 Å². The van der Waals surface area contributed by atoms with Crippen molar-refractivity contribution >= 4 is 11.0 Å². The zero-order chi connectivity index (χ0) is 21.4. The van der Waals surface area contributed by atoms with Gasteiger partial charge in [0.05, 0.1) is 11.1 Å². The van der Waals surface area contributed by atoms with Gasteiger partial charge in [-0.1, -0.05) is 37.3 Å². The van der Waals surface area contributed by atoms with Crippen molar-refractivity contribution in [3.8, 4) is 28.6 Å². The molecule has 0 atom stereocenters. The molecular weight excluding hydrogens is 380 g/mol. The minimum atomic E-state index is -0.532. The van der Waals surface area contributed by atoms with Gasteiger partial charge in [0.2, 0.25) is 0 Å². The maximum absolute atomic E-state index is 13.5. The van der Waals surface area contributed by atoms with Gasteiger partial charge < -0.3 is 10.9 Å². The van der Waals surface area contributed by atoms with Crippen LogP contribution in [-0.2, 0) is 6.42 Å². The highest BCUT2D eigenvalue weighted by atomic mass is 16.3. The number of hydrogen-bond acceptors (Lipinski definition) is 6. The number of aromatic nitrogens is 3. The third kappa shape index (κ3) is 2.81. The van der Waals surface area contributed by atoms with Crippen LogP contribution < -0.4 is 16.9 Å². The Bertz CT molecular complexity index is 1440. The molecule has 0 fully saturated rings. The summed E-state index contributed by atoms with van der Waals surface area (Å²) >= 11 is 0. The number of phenols is 1. The second-order valence-electron chi connectivity index (χ2n) is 6.73. The lowest BCUT2D eigenvalue weighted by molar-refractivity contribution is 0.475. The molecule has 0 aliphatic carbocycles. The Labute approximate surface area is 171 Å². The number of benzene rings is 2. The van der Waals surface area contributed by atoms with E-state index in [2.05, 4.69) is 4.98 Å². The minimum absolute atomic E-state index is 0.0462.